The molecule has 2 heterocycles. The van der Waals surface area contributed by atoms with Gasteiger partial charge in [-0.25, -0.2) is 0 Å². The van der Waals surface area contributed by atoms with Gasteiger partial charge in [-0.3, -0.25) is 9.69 Å². The highest BCUT2D eigenvalue weighted by atomic mass is 16.2. The Kier molecular flexibility index (Phi) is 5.51. The fourth-order valence-electron chi connectivity index (χ4n) is 7.02. The van der Waals surface area contributed by atoms with Crippen LogP contribution in [0.15, 0.2) is 54.6 Å². The molecule has 0 aromatic heterocycles. The van der Waals surface area contributed by atoms with Crippen LogP contribution in [-0.2, 0) is 4.79 Å². The zero-order chi connectivity index (χ0) is 22.4. The molecule has 3 heteroatoms. The number of amides is 1. The monoisotopic (exact) mass is 438 g/mol. The van der Waals surface area contributed by atoms with Gasteiger partial charge in [-0.1, -0.05) is 48.4 Å². The number of fused-ring (bicyclic) bond motifs is 1. The quantitative estimate of drug-likeness (QED) is 0.635. The average Bonchev–Trinajstić information content (AvgIpc) is 3.22. The van der Waals surface area contributed by atoms with E-state index in [4.69, 9.17) is 6.42 Å². The van der Waals surface area contributed by atoms with Gasteiger partial charge in [-0.15, -0.1) is 6.42 Å². The molecule has 6 rings (SSSR count). The molecule has 4 fully saturated rings. The van der Waals surface area contributed by atoms with Gasteiger partial charge in [0.1, 0.15) is 0 Å². The number of likely N-dealkylation sites (tertiary alicyclic amines) is 2. The SMILES string of the molecule is C#Cc1ccc(C2CCN(C(=O)C3[C@H]4CN(C5CCC(c6ccccc6)CC5)C[C@@H]34)C2)cc1. The summed E-state index contributed by atoms with van der Waals surface area (Å²) in [6.07, 6.45) is 11.8. The Morgan fingerprint density at radius 2 is 1.45 bits per heavy atom. The van der Waals surface area contributed by atoms with E-state index in [-0.39, 0.29) is 0 Å². The molecule has 2 saturated carbocycles. The molecular weight excluding hydrogens is 404 g/mol. The van der Waals surface area contributed by atoms with Gasteiger partial charge in [0.25, 0.3) is 0 Å². The number of rotatable bonds is 4. The Morgan fingerprint density at radius 3 is 2.12 bits per heavy atom. The molecule has 2 aromatic carbocycles. The number of piperidine rings is 1. The molecule has 0 N–H and O–H groups in total. The van der Waals surface area contributed by atoms with Crippen LogP contribution in [0.5, 0.6) is 0 Å². The van der Waals surface area contributed by atoms with E-state index in [0.717, 1.165) is 50.1 Å². The third-order valence-corrected chi connectivity index (χ3v) is 9.04. The smallest absolute Gasteiger partial charge is 0.226 e. The minimum atomic E-state index is 0.296. The van der Waals surface area contributed by atoms with Crippen molar-refractivity contribution in [2.45, 2.75) is 50.0 Å². The second kappa shape index (κ2) is 8.65. The van der Waals surface area contributed by atoms with Crippen LogP contribution in [0.4, 0.5) is 0 Å². The van der Waals surface area contributed by atoms with Gasteiger partial charge in [-0.2, -0.15) is 0 Å². The fraction of sp³-hybridized carbons (Fsp3) is 0.500. The molecular formula is C30H34N2O. The topological polar surface area (TPSA) is 23.6 Å². The van der Waals surface area contributed by atoms with Crippen molar-refractivity contribution in [3.05, 3.63) is 71.3 Å². The summed E-state index contributed by atoms with van der Waals surface area (Å²) < 4.78 is 0. The maximum absolute atomic E-state index is 13.3. The van der Waals surface area contributed by atoms with E-state index in [2.05, 4.69) is 58.2 Å². The molecule has 4 aliphatic rings. The molecule has 0 spiro atoms. The molecule has 0 radical (unpaired) electrons. The summed E-state index contributed by atoms with van der Waals surface area (Å²) in [5.41, 5.74) is 3.76. The Hall–Kier alpha value is -2.57. The molecule has 4 atom stereocenters. The van der Waals surface area contributed by atoms with Crippen molar-refractivity contribution in [1.29, 1.82) is 0 Å². The molecule has 170 valence electrons. The number of carbonyl (C=O) groups excluding carboxylic acids is 1. The van der Waals surface area contributed by atoms with E-state index >= 15 is 0 Å². The van der Waals surface area contributed by atoms with Gasteiger partial charge < -0.3 is 4.90 Å². The van der Waals surface area contributed by atoms with Crippen LogP contribution in [0.2, 0.25) is 0 Å². The van der Waals surface area contributed by atoms with E-state index in [1.165, 1.54) is 36.8 Å². The molecule has 3 nitrogen and oxygen atoms in total. The van der Waals surface area contributed by atoms with Crippen LogP contribution in [-0.4, -0.2) is 47.9 Å². The minimum absolute atomic E-state index is 0.296. The highest BCUT2D eigenvalue weighted by Gasteiger charge is 2.61. The van der Waals surface area contributed by atoms with Crippen molar-refractivity contribution in [3.8, 4) is 12.3 Å². The third-order valence-electron chi connectivity index (χ3n) is 9.04. The van der Waals surface area contributed by atoms with Crippen molar-refractivity contribution < 1.29 is 4.79 Å². The lowest BCUT2D eigenvalue weighted by atomic mass is 9.81. The third kappa shape index (κ3) is 4.00. The standard InChI is InChI=1S/C30H34N2O/c1-2-21-8-10-24(11-9-21)25-16-17-31(18-25)30(33)29-27-19-32(20-28(27)29)26-14-12-23(13-15-26)22-6-4-3-5-7-22/h1,3-11,23,25-29H,12-20H2/t23?,25?,26?,27-,28+,29?. The Labute approximate surface area is 198 Å². The molecule has 2 aliphatic heterocycles. The van der Waals surface area contributed by atoms with Gasteiger partial charge in [0, 0.05) is 49.6 Å². The number of hydrogen-bond donors (Lipinski definition) is 0. The zero-order valence-corrected chi connectivity index (χ0v) is 19.4. The van der Waals surface area contributed by atoms with E-state index in [1.54, 1.807) is 0 Å². The molecule has 33 heavy (non-hydrogen) atoms. The predicted molar refractivity (Wildman–Crippen MR) is 132 cm³/mol. The lowest BCUT2D eigenvalue weighted by molar-refractivity contribution is -0.132. The second-order valence-electron chi connectivity index (χ2n) is 10.8. The normalized spacial score (nSPS) is 33.5. The molecule has 2 unspecified atom stereocenters. The van der Waals surface area contributed by atoms with Crippen LogP contribution >= 0.6 is 0 Å². The molecule has 2 saturated heterocycles. The van der Waals surface area contributed by atoms with Crippen molar-refractivity contribution in [2.24, 2.45) is 17.8 Å². The second-order valence-corrected chi connectivity index (χ2v) is 10.8. The zero-order valence-electron chi connectivity index (χ0n) is 19.4. The van der Waals surface area contributed by atoms with Gasteiger partial charge in [0.15, 0.2) is 0 Å². The first-order valence-electron chi connectivity index (χ1n) is 12.9. The highest BCUT2D eigenvalue weighted by Crippen LogP contribution is 2.54. The summed E-state index contributed by atoms with van der Waals surface area (Å²) in [4.78, 5) is 18.1. The van der Waals surface area contributed by atoms with Crippen LogP contribution in [0.1, 0.15) is 60.6 Å². The lowest BCUT2D eigenvalue weighted by Gasteiger charge is -2.36. The summed E-state index contributed by atoms with van der Waals surface area (Å²) in [5, 5.41) is 0. The van der Waals surface area contributed by atoms with E-state index < -0.39 is 0 Å². The van der Waals surface area contributed by atoms with E-state index in [0.29, 0.717) is 29.6 Å². The summed E-state index contributed by atoms with van der Waals surface area (Å²) in [7, 11) is 0. The van der Waals surface area contributed by atoms with E-state index in [9.17, 15) is 4.79 Å². The fourth-order valence-corrected chi connectivity index (χ4v) is 7.02. The summed E-state index contributed by atoms with van der Waals surface area (Å²) in [6.45, 7) is 4.07. The number of carbonyl (C=O) groups is 1. The first-order valence-corrected chi connectivity index (χ1v) is 12.9. The van der Waals surface area contributed by atoms with Crippen molar-refractivity contribution in [2.75, 3.05) is 26.2 Å². The van der Waals surface area contributed by atoms with Crippen LogP contribution in [0.3, 0.4) is 0 Å². The Bertz CT molecular complexity index is 1020. The maximum atomic E-state index is 13.3. The van der Waals surface area contributed by atoms with Crippen molar-refractivity contribution in [3.63, 3.8) is 0 Å². The summed E-state index contributed by atoms with van der Waals surface area (Å²) >= 11 is 0. The molecule has 2 aliphatic carbocycles. The van der Waals surface area contributed by atoms with Gasteiger partial charge >= 0.3 is 0 Å². The van der Waals surface area contributed by atoms with E-state index in [1.807, 2.05) is 12.1 Å². The molecule has 2 aromatic rings. The van der Waals surface area contributed by atoms with Crippen LogP contribution in [0, 0.1) is 30.1 Å². The first kappa shape index (κ1) is 21.0. The van der Waals surface area contributed by atoms with Gasteiger partial charge in [0.2, 0.25) is 5.91 Å². The minimum Gasteiger partial charge on any atom is -0.342 e. The van der Waals surface area contributed by atoms with Crippen LogP contribution < -0.4 is 0 Å². The summed E-state index contributed by atoms with van der Waals surface area (Å²) in [5.74, 6) is 5.82. The number of nitrogens with zero attached hydrogens (tertiary/aromatic N) is 2. The number of terminal acetylenes is 1. The van der Waals surface area contributed by atoms with Gasteiger partial charge in [-0.05, 0) is 73.1 Å². The lowest BCUT2D eigenvalue weighted by Crippen LogP contribution is -2.40. The molecule has 1 amide bonds. The van der Waals surface area contributed by atoms with Crippen LogP contribution in [0.25, 0.3) is 0 Å². The number of benzene rings is 2. The average molecular weight is 439 g/mol. The Morgan fingerprint density at radius 1 is 0.788 bits per heavy atom. The first-order chi connectivity index (χ1) is 16.2. The number of hydrogen-bond acceptors (Lipinski definition) is 2. The van der Waals surface area contributed by atoms with Crippen molar-refractivity contribution >= 4 is 5.91 Å². The summed E-state index contributed by atoms with van der Waals surface area (Å²) in [6, 6.07) is 20.1. The van der Waals surface area contributed by atoms with Gasteiger partial charge in [0.05, 0.1) is 0 Å². The maximum Gasteiger partial charge on any atom is 0.226 e. The van der Waals surface area contributed by atoms with Crippen molar-refractivity contribution in [1.82, 2.24) is 9.80 Å². The predicted octanol–water partition coefficient (Wildman–Crippen LogP) is 4.89. The molecule has 0 bridgehead atoms. The Balaban J connectivity index is 0.985. The largest absolute Gasteiger partial charge is 0.342 e. The highest BCUT2D eigenvalue weighted by molar-refractivity contribution is 5.83.